The lowest BCUT2D eigenvalue weighted by atomic mass is 9.93. The van der Waals surface area contributed by atoms with Crippen LogP contribution in [0.4, 0.5) is 24.8 Å². The predicted molar refractivity (Wildman–Crippen MR) is 162 cm³/mol. The zero-order valence-electron chi connectivity index (χ0n) is 23.7. The van der Waals surface area contributed by atoms with Crippen LogP contribution in [0.15, 0.2) is 42.6 Å². The van der Waals surface area contributed by atoms with Crippen LogP contribution in [0.2, 0.25) is 10.0 Å². The number of alkyl halides is 3. The summed E-state index contributed by atoms with van der Waals surface area (Å²) in [6.45, 7) is 5.13. The monoisotopic (exact) mass is 647 g/mol. The van der Waals surface area contributed by atoms with Gasteiger partial charge in [-0.3, -0.25) is 9.69 Å². The van der Waals surface area contributed by atoms with E-state index in [1.807, 2.05) is 16.8 Å². The summed E-state index contributed by atoms with van der Waals surface area (Å²) in [5, 5.41) is 5.90. The summed E-state index contributed by atoms with van der Waals surface area (Å²) in [7, 11) is 0. The maximum absolute atomic E-state index is 12.9. The largest absolute Gasteiger partial charge is 0.455 e. The fourth-order valence-corrected chi connectivity index (χ4v) is 6.35. The zero-order chi connectivity index (χ0) is 31.0. The van der Waals surface area contributed by atoms with Gasteiger partial charge in [-0.05, 0) is 61.6 Å². The number of carbonyl (C=O) groups is 1. The first-order chi connectivity index (χ1) is 21.0. The van der Waals surface area contributed by atoms with Crippen LogP contribution in [-0.4, -0.2) is 75.8 Å². The van der Waals surface area contributed by atoms with Crippen LogP contribution < -0.4 is 10.6 Å². The van der Waals surface area contributed by atoms with Gasteiger partial charge in [-0.25, -0.2) is 14.5 Å². The van der Waals surface area contributed by atoms with Crippen molar-refractivity contribution in [3.8, 4) is 11.3 Å². The number of pyridine rings is 1. The standard InChI is InChI=1S/C30H30Cl2F3N7O2/c31-19-3-5-22(24(32)13-19)25-17-42-26(14-21(39-42)16-40-8-10-44-11-9-40)29(38-25)41-7-1-2-18(15-41)12-20-4-6-23(28(36)37-20)27(43)30(33,34)35/h3-6,13-14,17-18H,1-2,7-12,15-16H2,(H2,36,37). The second kappa shape index (κ2) is 12.5. The third-order valence-corrected chi connectivity index (χ3v) is 8.53. The van der Waals surface area contributed by atoms with Crippen molar-refractivity contribution in [3.63, 3.8) is 0 Å². The number of nitrogens with two attached hydrogens (primary N) is 1. The number of Topliss-reactive ketones (excluding diaryl/α,β-unsaturated/α-hetero) is 1. The average molecular weight is 649 g/mol. The number of benzene rings is 1. The Labute approximate surface area is 261 Å². The predicted octanol–water partition coefficient (Wildman–Crippen LogP) is 5.72. The molecule has 1 aromatic carbocycles. The van der Waals surface area contributed by atoms with Crippen LogP contribution in [0.5, 0.6) is 0 Å². The summed E-state index contributed by atoms with van der Waals surface area (Å²) >= 11 is 12.7. The third-order valence-electron chi connectivity index (χ3n) is 7.98. The van der Waals surface area contributed by atoms with Gasteiger partial charge in [0, 0.05) is 49.0 Å². The smallest absolute Gasteiger partial charge is 0.383 e. The summed E-state index contributed by atoms with van der Waals surface area (Å²) in [4.78, 5) is 25.4. The molecule has 1 atom stereocenters. The number of ether oxygens (including phenoxy) is 1. The molecule has 1 unspecified atom stereocenters. The molecule has 44 heavy (non-hydrogen) atoms. The van der Waals surface area contributed by atoms with Gasteiger partial charge in [0.25, 0.3) is 5.78 Å². The molecule has 2 fully saturated rings. The van der Waals surface area contributed by atoms with Gasteiger partial charge in [0.15, 0.2) is 5.82 Å². The van der Waals surface area contributed by atoms with Gasteiger partial charge in [-0.15, -0.1) is 0 Å². The van der Waals surface area contributed by atoms with Crippen LogP contribution in [-0.2, 0) is 17.7 Å². The Morgan fingerprint density at radius 2 is 1.84 bits per heavy atom. The van der Waals surface area contributed by atoms with Crippen molar-refractivity contribution in [1.29, 1.82) is 0 Å². The van der Waals surface area contributed by atoms with Gasteiger partial charge in [-0.1, -0.05) is 23.2 Å². The molecule has 2 aliphatic heterocycles. The van der Waals surface area contributed by atoms with Gasteiger partial charge in [0.2, 0.25) is 0 Å². The normalized spacial score (nSPS) is 18.2. The second-order valence-corrected chi connectivity index (χ2v) is 12.0. The number of nitrogens with zero attached hydrogens (tertiary/aromatic N) is 6. The minimum atomic E-state index is -5.01. The van der Waals surface area contributed by atoms with Crippen LogP contribution >= 0.6 is 23.2 Å². The molecule has 232 valence electrons. The summed E-state index contributed by atoms with van der Waals surface area (Å²) in [5.41, 5.74) is 8.83. The number of aromatic nitrogens is 4. The Hall–Kier alpha value is -3.45. The lowest BCUT2D eigenvalue weighted by Gasteiger charge is -2.34. The summed E-state index contributed by atoms with van der Waals surface area (Å²) in [6.07, 6.45) is -0.891. The van der Waals surface area contributed by atoms with Crippen molar-refractivity contribution in [2.24, 2.45) is 5.92 Å². The number of morpholine rings is 1. The summed E-state index contributed by atoms with van der Waals surface area (Å²) in [6, 6.07) is 9.91. The molecule has 2 N–H and O–H groups in total. The SMILES string of the molecule is Nc1nc(CC2CCCN(c3nc(-c4ccc(Cl)cc4Cl)cn4nc(CN5CCOCC5)cc34)C2)ccc1C(=O)C(F)(F)F. The molecule has 2 saturated heterocycles. The van der Waals surface area contributed by atoms with E-state index in [-0.39, 0.29) is 5.92 Å². The van der Waals surface area contributed by atoms with Gasteiger partial charge < -0.3 is 15.4 Å². The number of fused-ring (bicyclic) bond motifs is 1. The number of halogens is 5. The Morgan fingerprint density at radius 1 is 1.05 bits per heavy atom. The molecule has 0 amide bonds. The molecule has 5 heterocycles. The van der Waals surface area contributed by atoms with Crippen LogP contribution in [0.25, 0.3) is 16.8 Å². The molecule has 0 spiro atoms. The maximum Gasteiger partial charge on any atom is 0.455 e. The first-order valence-electron chi connectivity index (χ1n) is 14.3. The molecule has 2 aliphatic rings. The fourth-order valence-electron chi connectivity index (χ4n) is 5.85. The summed E-state index contributed by atoms with van der Waals surface area (Å²) in [5.74, 6) is -1.53. The van der Waals surface area contributed by atoms with Crippen molar-refractivity contribution < 1.29 is 22.7 Å². The highest BCUT2D eigenvalue weighted by atomic mass is 35.5. The van der Waals surface area contributed by atoms with E-state index in [0.29, 0.717) is 54.2 Å². The molecule has 6 rings (SSSR count). The highest BCUT2D eigenvalue weighted by Gasteiger charge is 2.40. The zero-order valence-corrected chi connectivity index (χ0v) is 25.2. The second-order valence-electron chi connectivity index (χ2n) is 11.1. The van der Waals surface area contributed by atoms with E-state index < -0.39 is 23.3 Å². The molecule has 0 bridgehead atoms. The Bertz CT molecular complexity index is 1690. The van der Waals surface area contributed by atoms with E-state index in [2.05, 4.69) is 20.9 Å². The number of anilines is 2. The molecule has 3 aromatic heterocycles. The van der Waals surface area contributed by atoms with Crippen molar-refractivity contribution in [2.75, 3.05) is 50.0 Å². The van der Waals surface area contributed by atoms with Gasteiger partial charge in [0.1, 0.15) is 11.3 Å². The van der Waals surface area contributed by atoms with E-state index in [4.69, 9.17) is 43.8 Å². The molecule has 4 aromatic rings. The molecule has 0 saturated carbocycles. The van der Waals surface area contributed by atoms with Crippen molar-refractivity contribution in [3.05, 3.63) is 69.6 Å². The molecular formula is C30H30Cl2F3N7O2. The average Bonchev–Trinajstić information content (AvgIpc) is 3.39. The number of rotatable bonds is 7. The Kier molecular flexibility index (Phi) is 8.69. The number of nitrogen functional groups attached to an aromatic ring is 1. The first kappa shape index (κ1) is 30.6. The van der Waals surface area contributed by atoms with Crippen molar-refractivity contribution in [2.45, 2.75) is 32.0 Å². The van der Waals surface area contributed by atoms with E-state index in [1.54, 1.807) is 12.1 Å². The highest BCUT2D eigenvalue weighted by molar-refractivity contribution is 6.36. The minimum Gasteiger partial charge on any atom is -0.383 e. The van der Waals surface area contributed by atoms with Crippen LogP contribution in [0.1, 0.15) is 34.6 Å². The summed E-state index contributed by atoms with van der Waals surface area (Å²) < 4.78 is 46.1. The van der Waals surface area contributed by atoms with Crippen LogP contribution in [0.3, 0.4) is 0 Å². The molecule has 14 heteroatoms. The third kappa shape index (κ3) is 6.63. The van der Waals surface area contributed by atoms with Crippen molar-refractivity contribution in [1.82, 2.24) is 24.5 Å². The highest BCUT2D eigenvalue weighted by Crippen LogP contribution is 2.34. The van der Waals surface area contributed by atoms with Gasteiger partial charge >= 0.3 is 6.18 Å². The quantitative estimate of drug-likeness (QED) is 0.254. The topological polar surface area (TPSA) is 102 Å². The molecular weight excluding hydrogens is 618 g/mol. The van der Waals surface area contributed by atoms with Gasteiger partial charge in [-0.2, -0.15) is 18.3 Å². The maximum atomic E-state index is 12.9. The lowest BCUT2D eigenvalue weighted by molar-refractivity contribution is -0.0884. The number of hydrogen-bond donors (Lipinski definition) is 1. The Balaban J connectivity index is 1.30. The van der Waals surface area contributed by atoms with E-state index in [9.17, 15) is 18.0 Å². The van der Waals surface area contributed by atoms with Gasteiger partial charge in [0.05, 0.1) is 41.4 Å². The Morgan fingerprint density at radius 3 is 2.57 bits per heavy atom. The molecule has 0 aliphatic carbocycles. The number of carbonyl (C=O) groups excluding carboxylic acids is 1. The van der Waals surface area contributed by atoms with Crippen molar-refractivity contribution >= 4 is 46.1 Å². The van der Waals surface area contributed by atoms with E-state index in [0.717, 1.165) is 61.1 Å². The lowest BCUT2D eigenvalue weighted by Crippen LogP contribution is -2.37. The fraction of sp³-hybridized carbons (Fsp3) is 0.400. The molecule has 0 radical (unpaired) electrons. The minimum absolute atomic E-state index is 0.125. The number of hydrogen-bond acceptors (Lipinski definition) is 8. The van der Waals surface area contributed by atoms with E-state index in [1.165, 1.54) is 6.07 Å². The van der Waals surface area contributed by atoms with E-state index >= 15 is 0 Å². The number of piperidine rings is 1. The first-order valence-corrected chi connectivity index (χ1v) is 15.1. The molecule has 9 nitrogen and oxygen atoms in total. The number of ketones is 1. The van der Waals surface area contributed by atoms with Crippen LogP contribution in [0, 0.1) is 5.92 Å².